The van der Waals surface area contributed by atoms with E-state index in [-0.39, 0.29) is 6.42 Å². The van der Waals surface area contributed by atoms with Crippen molar-refractivity contribution in [2.75, 3.05) is 14.2 Å². The number of rotatable bonds is 6. The fourth-order valence-corrected chi connectivity index (χ4v) is 2.20. The molecule has 0 radical (unpaired) electrons. The van der Waals surface area contributed by atoms with Crippen LogP contribution in [0.2, 0.25) is 0 Å². The molecular weight excluding hydrogens is 244 g/mol. The van der Waals surface area contributed by atoms with Crippen LogP contribution in [0.1, 0.15) is 38.3 Å². The third-order valence-electron chi connectivity index (χ3n) is 3.27. The van der Waals surface area contributed by atoms with E-state index in [1.807, 2.05) is 26.0 Å². The summed E-state index contributed by atoms with van der Waals surface area (Å²) in [5, 5.41) is 9.05. The highest BCUT2D eigenvalue weighted by Gasteiger charge is 2.29. The van der Waals surface area contributed by atoms with E-state index in [0.29, 0.717) is 11.5 Å². The lowest BCUT2D eigenvalue weighted by Gasteiger charge is -2.27. The molecule has 4 nitrogen and oxygen atoms in total. The van der Waals surface area contributed by atoms with E-state index in [9.17, 15) is 4.79 Å². The quantitative estimate of drug-likeness (QED) is 0.860. The Kier molecular flexibility index (Phi) is 4.81. The third kappa shape index (κ3) is 3.40. The van der Waals surface area contributed by atoms with Crippen molar-refractivity contribution in [2.24, 2.45) is 0 Å². The molecule has 0 bridgehead atoms. The Morgan fingerprint density at radius 3 is 2.32 bits per heavy atom. The molecule has 1 aromatic carbocycles. The number of benzene rings is 1. The van der Waals surface area contributed by atoms with Gasteiger partial charge in [0.25, 0.3) is 0 Å². The van der Waals surface area contributed by atoms with E-state index in [0.717, 1.165) is 17.5 Å². The molecule has 19 heavy (non-hydrogen) atoms. The molecule has 0 fully saturated rings. The molecule has 0 saturated heterocycles. The second-order valence-electron chi connectivity index (χ2n) is 5.19. The summed E-state index contributed by atoms with van der Waals surface area (Å²) in [6.07, 6.45) is 0.899. The highest BCUT2D eigenvalue weighted by atomic mass is 16.5. The Labute approximate surface area is 114 Å². The zero-order valence-corrected chi connectivity index (χ0v) is 12.2. The fraction of sp³-hybridized carbons (Fsp3) is 0.533. The lowest BCUT2D eigenvalue weighted by Crippen LogP contribution is -2.23. The van der Waals surface area contributed by atoms with Crippen LogP contribution >= 0.6 is 0 Å². The molecule has 0 atom stereocenters. The lowest BCUT2D eigenvalue weighted by atomic mass is 9.80. The standard InChI is InChI=1S/C15H22O4/c1-6-10-7-11(15(2,3)9-13(16)17)14(19-5)12(8-10)18-4/h7-8H,6,9H2,1-5H3,(H,16,17). The number of hydrogen-bond donors (Lipinski definition) is 1. The van der Waals surface area contributed by atoms with Gasteiger partial charge in [0.05, 0.1) is 20.6 Å². The summed E-state index contributed by atoms with van der Waals surface area (Å²) in [5.74, 6) is 0.439. The topological polar surface area (TPSA) is 55.8 Å². The van der Waals surface area contributed by atoms with Crippen molar-refractivity contribution in [1.82, 2.24) is 0 Å². The molecular formula is C15H22O4. The van der Waals surface area contributed by atoms with Gasteiger partial charge in [-0.05, 0) is 18.1 Å². The van der Waals surface area contributed by atoms with Crippen molar-refractivity contribution in [3.63, 3.8) is 0 Å². The van der Waals surface area contributed by atoms with E-state index in [1.54, 1.807) is 14.2 Å². The van der Waals surface area contributed by atoms with Gasteiger partial charge in [0.15, 0.2) is 11.5 Å². The van der Waals surface area contributed by atoms with Gasteiger partial charge >= 0.3 is 5.97 Å². The van der Waals surface area contributed by atoms with Crippen molar-refractivity contribution in [1.29, 1.82) is 0 Å². The predicted octanol–water partition coefficient (Wildman–Crippen LogP) is 3.02. The molecule has 4 heteroatoms. The van der Waals surface area contributed by atoms with Gasteiger partial charge in [-0.3, -0.25) is 4.79 Å². The van der Waals surface area contributed by atoms with Gasteiger partial charge in [0.2, 0.25) is 0 Å². The molecule has 1 aromatic rings. The maximum absolute atomic E-state index is 11.0. The van der Waals surface area contributed by atoms with E-state index in [2.05, 4.69) is 6.92 Å². The van der Waals surface area contributed by atoms with Gasteiger partial charge in [-0.15, -0.1) is 0 Å². The first-order valence-electron chi connectivity index (χ1n) is 6.32. The zero-order chi connectivity index (χ0) is 14.6. The van der Waals surface area contributed by atoms with Gasteiger partial charge in [0.1, 0.15) is 0 Å². The van der Waals surface area contributed by atoms with Gasteiger partial charge in [-0.25, -0.2) is 0 Å². The van der Waals surface area contributed by atoms with Crippen molar-refractivity contribution in [2.45, 2.75) is 39.0 Å². The summed E-state index contributed by atoms with van der Waals surface area (Å²) in [4.78, 5) is 11.0. The minimum Gasteiger partial charge on any atom is -0.493 e. The monoisotopic (exact) mass is 266 g/mol. The van der Waals surface area contributed by atoms with Crippen LogP contribution in [-0.2, 0) is 16.6 Å². The number of aliphatic carboxylic acids is 1. The lowest BCUT2D eigenvalue weighted by molar-refractivity contribution is -0.138. The molecule has 1 rings (SSSR count). The van der Waals surface area contributed by atoms with Gasteiger partial charge in [-0.2, -0.15) is 0 Å². The Morgan fingerprint density at radius 2 is 1.89 bits per heavy atom. The first kappa shape index (κ1) is 15.3. The summed E-state index contributed by atoms with van der Waals surface area (Å²) in [5.41, 5.74) is 1.45. The molecule has 0 aliphatic heterocycles. The normalized spacial score (nSPS) is 11.2. The van der Waals surface area contributed by atoms with Crippen LogP contribution in [0.5, 0.6) is 11.5 Å². The van der Waals surface area contributed by atoms with Gasteiger partial charge < -0.3 is 14.6 Å². The molecule has 0 unspecified atom stereocenters. The molecule has 1 N–H and O–H groups in total. The zero-order valence-electron chi connectivity index (χ0n) is 12.2. The average Bonchev–Trinajstić information content (AvgIpc) is 2.35. The van der Waals surface area contributed by atoms with Crippen molar-refractivity contribution < 1.29 is 19.4 Å². The second kappa shape index (κ2) is 5.95. The van der Waals surface area contributed by atoms with Crippen LogP contribution in [0.15, 0.2) is 12.1 Å². The Bertz CT molecular complexity index is 463. The summed E-state index contributed by atoms with van der Waals surface area (Å²) in [7, 11) is 3.16. The van der Waals surface area contributed by atoms with E-state index >= 15 is 0 Å². The largest absolute Gasteiger partial charge is 0.493 e. The minimum absolute atomic E-state index is 0.0414. The number of methoxy groups -OCH3 is 2. The molecule has 0 aromatic heterocycles. The third-order valence-corrected chi connectivity index (χ3v) is 3.27. The van der Waals surface area contributed by atoms with Gasteiger partial charge in [-0.1, -0.05) is 26.8 Å². The molecule has 0 saturated carbocycles. The SMILES string of the molecule is CCc1cc(OC)c(OC)c(C(C)(C)CC(=O)O)c1. The highest BCUT2D eigenvalue weighted by Crippen LogP contribution is 2.41. The highest BCUT2D eigenvalue weighted by molar-refractivity contribution is 5.69. The molecule has 0 aliphatic rings. The molecule has 106 valence electrons. The van der Waals surface area contributed by atoms with Crippen molar-refractivity contribution in [3.8, 4) is 11.5 Å². The molecule has 0 aliphatic carbocycles. The van der Waals surface area contributed by atoms with Crippen LogP contribution in [0.3, 0.4) is 0 Å². The predicted molar refractivity (Wildman–Crippen MR) is 74.2 cm³/mol. The number of carbonyl (C=O) groups is 1. The molecule has 0 amide bonds. The summed E-state index contributed by atoms with van der Waals surface area (Å²) >= 11 is 0. The van der Waals surface area contributed by atoms with Crippen LogP contribution < -0.4 is 9.47 Å². The molecule has 0 spiro atoms. The smallest absolute Gasteiger partial charge is 0.304 e. The fourth-order valence-electron chi connectivity index (χ4n) is 2.20. The Hall–Kier alpha value is -1.71. The number of carboxylic acids is 1. The first-order chi connectivity index (χ1) is 8.85. The Balaban J connectivity index is 3.42. The Morgan fingerprint density at radius 1 is 1.26 bits per heavy atom. The number of aryl methyl sites for hydroxylation is 1. The maximum atomic E-state index is 11.0. The number of hydrogen-bond acceptors (Lipinski definition) is 3. The van der Waals surface area contributed by atoms with Crippen LogP contribution in [0.4, 0.5) is 0 Å². The first-order valence-corrected chi connectivity index (χ1v) is 6.32. The van der Waals surface area contributed by atoms with Crippen LogP contribution in [-0.4, -0.2) is 25.3 Å². The summed E-state index contributed by atoms with van der Waals surface area (Å²) in [6, 6.07) is 3.93. The van der Waals surface area contributed by atoms with Crippen molar-refractivity contribution in [3.05, 3.63) is 23.3 Å². The summed E-state index contributed by atoms with van der Waals surface area (Å²) < 4.78 is 10.8. The minimum atomic E-state index is -0.826. The summed E-state index contributed by atoms with van der Waals surface area (Å²) in [6.45, 7) is 5.85. The van der Waals surface area contributed by atoms with Crippen LogP contribution in [0, 0.1) is 0 Å². The van der Waals surface area contributed by atoms with Crippen molar-refractivity contribution >= 4 is 5.97 Å². The number of ether oxygens (including phenoxy) is 2. The van der Waals surface area contributed by atoms with Gasteiger partial charge in [0, 0.05) is 11.0 Å². The maximum Gasteiger partial charge on any atom is 0.304 e. The van der Waals surface area contributed by atoms with E-state index < -0.39 is 11.4 Å². The molecule has 0 heterocycles. The van der Waals surface area contributed by atoms with E-state index in [4.69, 9.17) is 14.6 Å². The van der Waals surface area contributed by atoms with E-state index in [1.165, 1.54) is 0 Å². The second-order valence-corrected chi connectivity index (χ2v) is 5.19. The van der Waals surface area contributed by atoms with Crippen LogP contribution in [0.25, 0.3) is 0 Å². The number of carboxylic acid groups (broad SMARTS) is 1. The average molecular weight is 266 g/mol.